The molecule has 2 heterocycles. The topological polar surface area (TPSA) is 148 Å². The van der Waals surface area contributed by atoms with Gasteiger partial charge in [0.25, 0.3) is 5.91 Å². The van der Waals surface area contributed by atoms with Gasteiger partial charge in [-0.15, -0.1) is 0 Å². The standard InChI is InChI=1S/C32H33N5O5/c1-31(2,3)42-26(38)17-34-32(29(40)41,16-20-9-5-4-6-10-20)23-13-14-25-24(15-23)27(36-30(33)35-25)28(39)37-18-21-11-7-8-12-22(21)19-37/h4-15,34H,16-19H2,1-3H3,(H,40,41)(H2,33,35,36). The Hall–Kier alpha value is -4.83. The van der Waals surface area contributed by atoms with Crippen molar-refractivity contribution in [3.63, 3.8) is 0 Å². The summed E-state index contributed by atoms with van der Waals surface area (Å²) in [4.78, 5) is 49.9. The van der Waals surface area contributed by atoms with Gasteiger partial charge in [0.15, 0.2) is 0 Å². The van der Waals surface area contributed by atoms with E-state index in [1.807, 2.05) is 54.6 Å². The minimum absolute atomic E-state index is 0.0119. The third-order valence-corrected chi connectivity index (χ3v) is 7.17. The molecule has 1 atom stereocenters. The quantitative estimate of drug-likeness (QED) is 0.270. The summed E-state index contributed by atoms with van der Waals surface area (Å²) in [6.45, 7) is 5.71. The normalized spacial score (nSPS) is 14.3. The number of benzene rings is 3. The van der Waals surface area contributed by atoms with Gasteiger partial charge in [-0.05, 0) is 55.2 Å². The van der Waals surface area contributed by atoms with Crippen LogP contribution in [0.3, 0.4) is 0 Å². The lowest BCUT2D eigenvalue weighted by Gasteiger charge is -2.32. The van der Waals surface area contributed by atoms with E-state index < -0.39 is 23.1 Å². The Bertz CT molecular complexity index is 1640. The van der Waals surface area contributed by atoms with Crippen LogP contribution in [0.2, 0.25) is 0 Å². The lowest BCUT2D eigenvalue weighted by atomic mass is 9.82. The number of amides is 1. The van der Waals surface area contributed by atoms with Crippen molar-refractivity contribution in [2.75, 3.05) is 12.3 Å². The number of hydrogen-bond acceptors (Lipinski definition) is 8. The van der Waals surface area contributed by atoms with Crippen LogP contribution in [-0.2, 0) is 39.4 Å². The largest absolute Gasteiger partial charge is 0.480 e. The molecule has 0 radical (unpaired) electrons. The van der Waals surface area contributed by atoms with Crippen molar-refractivity contribution >= 4 is 34.7 Å². The molecule has 10 nitrogen and oxygen atoms in total. The van der Waals surface area contributed by atoms with Crippen LogP contribution >= 0.6 is 0 Å². The van der Waals surface area contributed by atoms with Crippen molar-refractivity contribution in [2.24, 2.45) is 0 Å². The number of esters is 1. The third-order valence-electron chi connectivity index (χ3n) is 7.17. The molecule has 1 amide bonds. The van der Waals surface area contributed by atoms with Gasteiger partial charge in [-0.3, -0.25) is 14.9 Å². The fraction of sp³-hybridized carbons (Fsp3) is 0.281. The number of nitrogens with two attached hydrogens (primary N) is 1. The minimum Gasteiger partial charge on any atom is -0.480 e. The Morgan fingerprint density at radius 2 is 1.60 bits per heavy atom. The number of anilines is 1. The number of rotatable bonds is 8. The van der Waals surface area contributed by atoms with Crippen molar-refractivity contribution in [1.29, 1.82) is 0 Å². The van der Waals surface area contributed by atoms with E-state index in [2.05, 4.69) is 15.3 Å². The average Bonchev–Trinajstić information content (AvgIpc) is 3.38. The first-order valence-electron chi connectivity index (χ1n) is 13.6. The molecule has 1 aromatic heterocycles. The Morgan fingerprint density at radius 3 is 2.21 bits per heavy atom. The number of hydrogen-bond donors (Lipinski definition) is 3. The zero-order valence-electron chi connectivity index (χ0n) is 23.8. The van der Waals surface area contributed by atoms with Gasteiger partial charge >= 0.3 is 11.9 Å². The SMILES string of the molecule is CC(C)(C)OC(=O)CNC(Cc1ccccc1)(C(=O)O)c1ccc2nc(N)nc(C(=O)N3Cc4ccccc4C3)c2c1. The second-order valence-corrected chi connectivity index (χ2v) is 11.4. The Morgan fingerprint density at radius 1 is 0.952 bits per heavy atom. The summed E-state index contributed by atoms with van der Waals surface area (Å²) in [5.41, 5.74) is 7.15. The van der Waals surface area contributed by atoms with E-state index in [9.17, 15) is 19.5 Å². The van der Waals surface area contributed by atoms with E-state index in [1.165, 1.54) is 0 Å². The zero-order chi connectivity index (χ0) is 30.1. The molecule has 1 aliphatic rings. The monoisotopic (exact) mass is 567 g/mol. The second-order valence-electron chi connectivity index (χ2n) is 11.4. The van der Waals surface area contributed by atoms with E-state index in [0.29, 0.717) is 29.6 Å². The van der Waals surface area contributed by atoms with E-state index in [1.54, 1.807) is 43.9 Å². The predicted molar refractivity (Wildman–Crippen MR) is 157 cm³/mol. The van der Waals surface area contributed by atoms with Crippen LogP contribution in [0.25, 0.3) is 10.9 Å². The summed E-state index contributed by atoms with van der Waals surface area (Å²) in [5.74, 6) is -2.20. The Labute approximate surface area is 243 Å². The summed E-state index contributed by atoms with van der Waals surface area (Å²) in [7, 11) is 0. The van der Waals surface area contributed by atoms with Crippen molar-refractivity contribution in [3.8, 4) is 0 Å². The molecule has 0 saturated carbocycles. The highest BCUT2D eigenvalue weighted by Gasteiger charge is 2.42. The number of carbonyl (C=O) groups excluding carboxylic acids is 2. The first-order chi connectivity index (χ1) is 19.9. The minimum atomic E-state index is -1.75. The van der Waals surface area contributed by atoms with Gasteiger partial charge in [0.05, 0.1) is 12.1 Å². The third kappa shape index (κ3) is 5.94. The number of aromatic nitrogens is 2. The van der Waals surface area contributed by atoms with E-state index >= 15 is 0 Å². The van der Waals surface area contributed by atoms with Crippen LogP contribution in [-0.4, -0.2) is 50.0 Å². The number of nitrogens with one attached hydrogen (secondary N) is 1. The summed E-state index contributed by atoms with van der Waals surface area (Å²) in [6.07, 6.45) is 0.0119. The van der Waals surface area contributed by atoms with Crippen LogP contribution in [0.1, 0.15) is 53.5 Å². The molecule has 216 valence electrons. The van der Waals surface area contributed by atoms with Gasteiger partial charge in [-0.25, -0.2) is 14.8 Å². The highest BCUT2D eigenvalue weighted by Crippen LogP contribution is 2.32. The lowest BCUT2D eigenvalue weighted by molar-refractivity contribution is -0.155. The van der Waals surface area contributed by atoms with Gasteiger partial charge in [0, 0.05) is 24.9 Å². The van der Waals surface area contributed by atoms with Crippen molar-refractivity contribution in [1.82, 2.24) is 20.2 Å². The maximum Gasteiger partial charge on any atom is 0.328 e. The van der Waals surface area contributed by atoms with Gasteiger partial charge < -0.3 is 20.5 Å². The molecule has 42 heavy (non-hydrogen) atoms. The smallest absolute Gasteiger partial charge is 0.328 e. The average molecular weight is 568 g/mol. The van der Waals surface area contributed by atoms with Gasteiger partial charge in [0.1, 0.15) is 16.8 Å². The number of carbonyl (C=O) groups is 3. The summed E-state index contributed by atoms with van der Waals surface area (Å²) < 4.78 is 5.44. The number of carboxylic acids is 1. The molecule has 0 aliphatic carbocycles. The van der Waals surface area contributed by atoms with Gasteiger partial charge in [0.2, 0.25) is 5.95 Å². The van der Waals surface area contributed by atoms with Crippen LogP contribution < -0.4 is 11.1 Å². The Balaban J connectivity index is 1.58. The highest BCUT2D eigenvalue weighted by atomic mass is 16.6. The molecule has 1 unspecified atom stereocenters. The molecule has 1 aliphatic heterocycles. The van der Waals surface area contributed by atoms with E-state index in [0.717, 1.165) is 16.7 Å². The maximum atomic E-state index is 13.8. The molecule has 10 heteroatoms. The summed E-state index contributed by atoms with van der Waals surface area (Å²) >= 11 is 0. The number of carboxylic acid groups (broad SMARTS) is 1. The maximum absolute atomic E-state index is 13.8. The van der Waals surface area contributed by atoms with Crippen LogP contribution in [0, 0.1) is 0 Å². The lowest BCUT2D eigenvalue weighted by Crippen LogP contribution is -2.53. The van der Waals surface area contributed by atoms with Crippen molar-refractivity contribution in [3.05, 3.63) is 101 Å². The molecular weight excluding hydrogens is 534 g/mol. The number of aliphatic carboxylic acids is 1. The summed E-state index contributed by atoms with van der Waals surface area (Å²) in [5, 5.41) is 14.0. The molecule has 3 aromatic carbocycles. The van der Waals surface area contributed by atoms with E-state index in [-0.39, 0.29) is 30.5 Å². The Kier molecular flexibility index (Phi) is 7.66. The number of nitrogens with zero attached hydrogens (tertiary/aromatic N) is 3. The molecule has 4 aromatic rings. The number of ether oxygens (including phenoxy) is 1. The molecule has 4 N–H and O–H groups in total. The van der Waals surface area contributed by atoms with E-state index in [4.69, 9.17) is 10.5 Å². The zero-order valence-corrected chi connectivity index (χ0v) is 23.8. The molecular formula is C32H33N5O5. The number of fused-ring (bicyclic) bond motifs is 2. The van der Waals surface area contributed by atoms with Crippen LogP contribution in [0.4, 0.5) is 5.95 Å². The molecule has 0 bridgehead atoms. The second kappa shape index (κ2) is 11.2. The molecule has 0 saturated heterocycles. The summed E-state index contributed by atoms with van der Waals surface area (Å²) in [6, 6.07) is 21.8. The van der Waals surface area contributed by atoms with Crippen molar-refractivity contribution in [2.45, 2.75) is 51.4 Å². The molecule has 5 rings (SSSR count). The fourth-order valence-electron chi connectivity index (χ4n) is 5.25. The van der Waals surface area contributed by atoms with Crippen LogP contribution in [0.5, 0.6) is 0 Å². The number of nitrogen functional groups attached to an aromatic ring is 1. The van der Waals surface area contributed by atoms with Crippen LogP contribution in [0.15, 0.2) is 72.8 Å². The van der Waals surface area contributed by atoms with Gasteiger partial charge in [-0.1, -0.05) is 60.7 Å². The fourth-order valence-corrected chi connectivity index (χ4v) is 5.25. The first-order valence-corrected chi connectivity index (χ1v) is 13.6. The highest BCUT2D eigenvalue weighted by molar-refractivity contribution is 6.05. The first kappa shape index (κ1) is 28.7. The predicted octanol–water partition coefficient (Wildman–Crippen LogP) is 3.82. The molecule has 0 fully saturated rings. The molecule has 0 spiro atoms. The van der Waals surface area contributed by atoms with Gasteiger partial charge in [-0.2, -0.15) is 0 Å². The van der Waals surface area contributed by atoms with Crippen molar-refractivity contribution < 1.29 is 24.2 Å².